The molecule has 5 rings (SSSR count). The maximum Gasteiger partial charge on any atom is 0.247 e. The van der Waals surface area contributed by atoms with Crippen LogP contribution in [0, 0.1) is 11.8 Å². The van der Waals surface area contributed by atoms with Gasteiger partial charge in [-0.25, -0.2) is 0 Å². The molecule has 7 nitrogen and oxygen atoms in total. The van der Waals surface area contributed by atoms with E-state index in [-0.39, 0.29) is 30.4 Å². The number of carbonyl (C=O) groups is 3. The molecule has 3 amide bonds. The van der Waals surface area contributed by atoms with E-state index < -0.39 is 33.4 Å². The zero-order chi connectivity index (χ0) is 24.3. The highest BCUT2D eigenvalue weighted by Gasteiger charge is 2.74. The lowest BCUT2D eigenvalue weighted by atomic mass is 9.74. The Morgan fingerprint density at radius 1 is 1.03 bits per heavy atom. The Labute approximate surface area is 206 Å². The van der Waals surface area contributed by atoms with Crippen LogP contribution in [0.1, 0.15) is 52.4 Å². The molecule has 186 valence electrons. The molecule has 6 atom stereocenters. The van der Waals surface area contributed by atoms with E-state index in [1.54, 1.807) is 28.6 Å². The van der Waals surface area contributed by atoms with E-state index in [9.17, 15) is 19.5 Å². The van der Waals surface area contributed by atoms with E-state index in [0.29, 0.717) is 19.5 Å². The average molecular weight is 488 g/mol. The second kappa shape index (κ2) is 8.70. The normalized spacial score (nSPS) is 39.1. The lowest BCUT2D eigenvalue weighted by molar-refractivity contribution is -0.148. The maximum absolute atomic E-state index is 14.4. The highest BCUT2D eigenvalue weighted by molar-refractivity contribution is 8.02. The third-order valence-electron chi connectivity index (χ3n) is 8.82. The first-order valence-electron chi connectivity index (χ1n) is 12.8. The largest absolute Gasteiger partial charge is 0.394 e. The maximum atomic E-state index is 14.4. The minimum absolute atomic E-state index is 0.0167. The fraction of sp³-hybridized carbons (Fsp3) is 0.731. The molecule has 8 heteroatoms. The van der Waals surface area contributed by atoms with Crippen molar-refractivity contribution in [2.75, 3.05) is 26.7 Å². The van der Waals surface area contributed by atoms with Crippen LogP contribution >= 0.6 is 11.8 Å². The lowest BCUT2D eigenvalue weighted by Crippen LogP contribution is -2.58. The molecular weight excluding hydrogens is 450 g/mol. The molecule has 0 aromatic heterocycles. The Bertz CT molecular complexity index is 927. The van der Waals surface area contributed by atoms with Crippen molar-refractivity contribution in [3.05, 3.63) is 24.3 Å². The lowest BCUT2D eigenvalue weighted by Gasteiger charge is -2.41. The van der Waals surface area contributed by atoms with Gasteiger partial charge in [-0.15, -0.1) is 11.8 Å². The minimum Gasteiger partial charge on any atom is -0.394 e. The predicted octanol–water partition coefficient (Wildman–Crippen LogP) is 2.20. The van der Waals surface area contributed by atoms with Crippen molar-refractivity contribution in [3.8, 4) is 0 Å². The number of aliphatic hydroxyl groups is 1. The first-order chi connectivity index (χ1) is 16.3. The Morgan fingerprint density at radius 2 is 1.74 bits per heavy atom. The third-order valence-corrected chi connectivity index (χ3v) is 10.6. The summed E-state index contributed by atoms with van der Waals surface area (Å²) in [6.45, 7) is 4.85. The van der Waals surface area contributed by atoms with Gasteiger partial charge in [-0.05, 0) is 26.2 Å². The van der Waals surface area contributed by atoms with Gasteiger partial charge in [0.2, 0.25) is 17.7 Å². The molecule has 1 unspecified atom stereocenters. The van der Waals surface area contributed by atoms with Gasteiger partial charge in [-0.2, -0.15) is 0 Å². The zero-order valence-corrected chi connectivity index (χ0v) is 21.3. The van der Waals surface area contributed by atoms with Crippen LogP contribution in [0.25, 0.3) is 0 Å². The summed E-state index contributed by atoms with van der Waals surface area (Å²) in [4.78, 5) is 47.5. The van der Waals surface area contributed by atoms with Gasteiger partial charge in [0.15, 0.2) is 0 Å². The first-order valence-corrected chi connectivity index (χ1v) is 13.6. The molecule has 1 N–H and O–H groups in total. The second-order valence-corrected chi connectivity index (χ2v) is 12.6. The molecule has 5 aliphatic rings. The number of likely N-dealkylation sites (tertiary alicyclic amines) is 1. The smallest absolute Gasteiger partial charge is 0.247 e. The van der Waals surface area contributed by atoms with Gasteiger partial charge in [0.05, 0.1) is 29.2 Å². The van der Waals surface area contributed by atoms with Gasteiger partial charge in [0.1, 0.15) is 6.04 Å². The molecule has 3 fully saturated rings. The number of hydrogen-bond acceptors (Lipinski definition) is 5. The summed E-state index contributed by atoms with van der Waals surface area (Å²) in [5.74, 6) is -1.39. The fourth-order valence-corrected chi connectivity index (χ4v) is 9.27. The van der Waals surface area contributed by atoms with Gasteiger partial charge in [-0.3, -0.25) is 14.4 Å². The first kappa shape index (κ1) is 23.9. The van der Waals surface area contributed by atoms with Crippen LogP contribution in [-0.4, -0.2) is 91.9 Å². The Morgan fingerprint density at radius 3 is 2.41 bits per heavy atom. The summed E-state index contributed by atoms with van der Waals surface area (Å²) in [7, 11) is 1.78. The summed E-state index contributed by atoms with van der Waals surface area (Å²) in [6.07, 6.45) is 14.2. The monoisotopic (exact) mass is 487 g/mol. The Kier molecular flexibility index (Phi) is 6.12. The number of likely N-dealkylation sites (N-methyl/N-ethyl adjacent to an activating group) is 1. The van der Waals surface area contributed by atoms with Crippen LogP contribution in [0.5, 0.6) is 0 Å². The van der Waals surface area contributed by atoms with Crippen molar-refractivity contribution < 1.29 is 19.5 Å². The standard InChI is InChI=1S/C26H37N3O4S/c1-4-17(16-30)29-21-24(33)28(18-10-6-5-7-11-18)15-9-13-26(21)20(23(29)32)19-22(31)27(3)14-8-12-25(19,2)34-26/h8-9,12-13,17-21,30H,4-7,10-11,14-16H2,1-3H3/t17-,19-,20-,21?,25+,26-/m0/s1. The van der Waals surface area contributed by atoms with Crippen molar-refractivity contribution in [2.45, 2.75) is 80.0 Å². The van der Waals surface area contributed by atoms with Crippen LogP contribution in [-0.2, 0) is 14.4 Å². The molecule has 2 saturated heterocycles. The quantitative estimate of drug-likeness (QED) is 0.615. The van der Waals surface area contributed by atoms with E-state index in [4.69, 9.17) is 0 Å². The number of thioether (sulfide) groups is 1. The summed E-state index contributed by atoms with van der Waals surface area (Å²) < 4.78 is -1.39. The van der Waals surface area contributed by atoms with Gasteiger partial charge in [-0.1, -0.05) is 50.5 Å². The number of rotatable bonds is 4. The van der Waals surface area contributed by atoms with Crippen molar-refractivity contribution in [3.63, 3.8) is 0 Å². The number of nitrogens with zero attached hydrogens (tertiary/aromatic N) is 3. The predicted molar refractivity (Wildman–Crippen MR) is 132 cm³/mol. The summed E-state index contributed by atoms with van der Waals surface area (Å²) >= 11 is 1.62. The minimum atomic E-state index is -0.822. The van der Waals surface area contributed by atoms with E-state index in [0.717, 1.165) is 25.7 Å². The number of hydrogen-bond donors (Lipinski definition) is 1. The molecule has 0 radical (unpaired) electrons. The molecule has 34 heavy (non-hydrogen) atoms. The highest BCUT2D eigenvalue weighted by atomic mass is 32.2. The number of carbonyl (C=O) groups excluding carboxylic acids is 3. The van der Waals surface area contributed by atoms with Crippen LogP contribution in [0.4, 0.5) is 0 Å². The molecule has 0 aromatic rings. The van der Waals surface area contributed by atoms with Crippen LogP contribution in [0.2, 0.25) is 0 Å². The third kappa shape index (κ3) is 3.31. The second-order valence-electron chi connectivity index (χ2n) is 10.8. The summed E-state index contributed by atoms with van der Waals surface area (Å²) in [5, 5.41) is 10.2. The Balaban J connectivity index is 1.64. The van der Waals surface area contributed by atoms with Gasteiger partial charge in [0.25, 0.3) is 0 Å². The summed E-state index contributed by atoms with van der Waals surface area (Å²) in [5.41, 5.74) is 0. The van der Waals surface area contributed by atoms with Gasteiger partial charge in [0, 0.05) is 30.9 Å². The molecule has 1 saturated carbocycles. The fourth-order valence-electron chi connectivity index (χ4n) is 7.13. The van der Waals surface area contributed by atoms with Crippen molar-refractivity contribution in [1.82, 2.24) is 14.7 Å². The zero-order valence-electron chi connectivity index (χ0n) is 20.5. The number of fused-ring (bicyclic) bond motifs is 2. The topological polar surface area (TPSA) is 81.2 Å². The average Bonchev–Trinajstić information content (AvgIpc) is 3.10. The van der Waals surface area contributed by atoms with Gasteiger partial charge < -0.3 is 19.8 Å². The molecule has 0 aromatic carbocycles. The van der Waals surface area contributed by atoms with Crippen molar-refractivity contribution >= 4 is 29.5 Å². The SMILES string of the molecule is CC[C@@H](CO)N1C(=O)[C@@H]2[C@H]3C(=O)N(C)CC=C[C@@]3(C)S[C@@]23C=CCN(C2CCCCC2)C(=O)C13. The molecule has 0 bridgehead atoms. The van der Waals surface area contributed by atoms with Crippen molar-refractivity contribution in [2.24, 2.45) is 11.8 Å². The van der Waals surface area contributed by atoms with Crippen LogP contribution in [0.3, 0.4) is 0 Å². The van der Waals surface area contributed by atoms with E-state index >= 15 is 0 Å². The molecule has 4 aliphatic heterocycles. The number of amides is 3. The van der Waals surface area contributed by atoms with Gasteiger partial charge >= 0.3 is 0 Å². The number of aliphatic hydroxyl groups excluding tert-OH is 1. The van der Waals surface area contributed by atoms with Crippen LogP contribution in [0.15, 0.2) is 24.3 Å². The van der Waals surface area contributed by atoms with Crippen LogP contribution < -0.4 is 0 Å². The summed E-state index contributed by atoms with van der Waals surface area (Å²) in [6, 6.07) is -0.959. The molecule has 1 aliphatic carbocycles. The highest BCUT2D eigenvalue weighted by Crippen LogP contribution is 2.65. The van der Waals surface area contributed by atoms with E-state index in [1.807, 2.05) is 24.8 Å². The molecular formula is C26H37N3O4S. The van der Waals surface area contributed by atoms with E-state index in [2.05, 4.69) is 18.2 Å². The van der Waals surface area contributed by atoms with E-state index in [1.165, 1.54) is 6.42 Å². The molecule has 1 spiro atoms. The molecule has 4 heterocycles. The van der Waals surface area contributed by atoms with Crippen molar-refractivity contribution in [1.29, 1.82) is 0 Å². The Hall–Kier alpha value is -1.80.